The standard InChI is InChI=1S/C21H28N2O3/c1-13-18(24-3)9-15(10-19(13)25-4)21-14(2)23-20(22)11-16(21)12-26-17-7-5-6-8-17/h9-11,17H,5-8,12H2,1-4H3,(H2,22,23). The van der Waals surface area contributed by atoms with Gasteiger partial charge < -0.3 is 19.9 Å². The highest BCUT2D eigenvalue weighted by Gasteiger charge is 2.19. The van der Waals surface area contributed by atoms with E-state index >= 15 is 0 Å². The summed E-state index contributed by atoms with van der Waals surface area (Å²) in [6, 6.07) is 5.96. The van der Waals surface area contributed by atoms with E-state index in [1.165, 1.54) is 12.8 Å². The summed E-state index contributed by atoms with van der Waals surface area (Å²) in [5.41, 5.74) is 10.9. The van der Waals surface area contributed by atoms with Crippen molar-refractivity contribution in [3.63, 3.8) is 0 Å². The number of rotatable bonds is 6. The second-order valence-corrected chi connectivity index (χ2v) is 6.89. The van der Waals surface area contributed by atoms with Crippen LogP contribution in [0.15, 0.2) is 18.2 Å². The summed E-state index contributed by atoms with van der Waals surface area (Å²) in [6.45, 7) is 4.50. The molecule has 2 N–H and O–H groups in total. The van der Waals surface area contributed by atoms with Crippen LogP contribution in [-0.4, -0.2) is 25.3 Å². The number of nitrogens with two attached hydrogens (primary N) is 1. The Morgan fingerprint density at radius 2 is 1.65 bits per heavy atom. The zero-order chi connectivity index (χ0) is 18.7. The Morgan fingerprint density at radius 3 is 2.23 bits per heavy atom. The number of nitrogen functional groups attached to an aromatic ring is 1. The lowest BCUT2D eigenvalue weighted by Gasteiger charge is -2.18. The van der Waals surface area contributed by atoms with Crippen LogP contribution < -0.4 is 15.2 Å². The van der Waals surface area contributed by atoms with Gasteiger partial charge in [0.05, 0.1) is 26.9 Å². The van der Waals surface area contributed by atoms with Gasteiger partial charge in [-0.1, -0.05) is 12.8 Å². The SMILES string of the molecule is COc1cc(-c2c(COC3CCCC3)cc(N)nc2C)cc(OC)c1C. The van der Waals surface area contributed by atoms with Crippen molar-refractivity contribution in [2.45, 2.75) is 52.2 Å². The van der Waals surface area contributed by atoms with E-state index < -0.39 is 0 Å². The number of methoxy groups -OCH3 is 2. The quantitative estimate of drug-likeness (QED) is 0.830. The van der Waals surface area contributed by atoms with Gasteiger partial charge in [0.2, 0.25) is 0 Å². The first-order chi connectivity index (χ1) is 12.5. The average molecular weight is 356 g/mol. The number of hydrogen-bond donors (Lipinski definition) is 1. The van der Waals surface area contributed by atoms with Gasteiger partial charge in [-0.25, -0.2) is 4.98 Å². The molecular weight excluding hydrogens is 328 g/mol. The van der Waals surface area contributed by atoms with Gasteiger partial charge in [-0.05, 0) is 56.0 Å². The van der Waals surface area contributed by atoms with Gasteiger partial charge in [0, 0.05) is 16.8 Å². The van der Waals surface area contributed by atoms with Crippen molar-refractivity contribution in [3.8, 4) is 22.6 Å². The summed E-state index contributed by atoms with van der Waals surface area (Å²) in [5.74, 6) is 2.10. The highest BCUT2D eigenvalue weighted by atomic mass is 16.5. The van der Waals surface area contributed by atoms with Crippen molar-refractivity contribution in [2.75, 3.05) is 20.0 Å². The number of hydrogen-bond acceptors (Lipinski definition) is 5. The number of aryl methyl sites for hydroxylation is 1. The monoisotopic (exact) mass is 356 g/mol. The van der Waals surface area contributed by atoms with Gasteiger partial charge in [0.25, 0.3) is 0 Å². The number of ether oxygens (including phenoxy) is 3. The minimum atomic E-state index is 0.347. The first kappa shape index (κ1) is 18.5. The fourth-order valence-corrected chi connectivity index (χ4v) is 3.77. The summed E-state index contributed by atoms with van der Waals surface area (Å²) in [7, 11) is 3.34. The number of pyridine rings is 1. The first-order valence-electron chi connectivity index (χ1n) is 9.14. The minimum absolute atomic E-state index is 0.347. The van der Waals surface area contributed by atoms with E-state index in [2.05, 4.69) is 4.98 Å². The smallest absolute Gasteiger partial charge is 0.126 e. The topological polar surface area (TPSA) is 66.6 Å². The van der Waals surface area contributed by atoms with Crippen LogP contribution in [0.4, 0.5) is 5.82 Å². The number of benzene rings is 1. The molecule has 0 amide bonds. The van der Waals surface area contributed by atoms with Crippen molar-refractivity contribution in [1.82, 2.24) is 4.98 Å². The van der Waals surface area contributed by atoms with Crippen LogP contribution >= 0.6 is 0 Å². The molecule has 0 atom stereocenters. The number of nitrogens with zero attached hydrogens (tertiary/aromatic N) is 1. The molecule has 5 heteroatoms. The lowest BCUT2D eigenvalue weighted by molar-refractivity contribution is 0.0459. The molecule has 2 aromatic rings. The van der Waals surface area contributed by atoms with Crippen LogP contribution in [0.2, 0.25) is 0 Å². The molecule has 1 aliphatic rings. The summed E-state index contributed by atoms with van der Waals surface area (Å²) in [6.07, 6.45) is 5.13. The molecule has 1 aliphatic carbocycles. The predicted molar refractivity (Wildman–Crippen MR) is 104 cm³/mol. The molecule has 0 unspecified atom stereocenters. The molecule has 0 radical (unpaired) electrons. The molecule has 1 aromatic heterocycles. The minimum Gasteiger partial charge on any atom is -0.496 e. The van der Waals surface area contributed by atoms with E-state index in [1.54, 1.807) is 14.2 Å². The molecule has 0 saturated heterocycles. The third-order valence-electron chi connectivity index (χ3n) is 5.12. The van der Waals surface area contributed by atoms with E-state index in [1.807, 2.05) is 32.0 Å². The summed E-state index contributed by atoms with van der Waals surface area (Å²) >= 11 is 0. The summed E-state index contributed by atoms with van der Waals surface area (Å²) < 4.78 is 17.2. The van der Waals surface area contributed by atoms with E-state index in [9.17, 15) is 0 Å². The van der Waals surface area contributed by atoms with Crippen LogP contribution in [0.25, 0.3) is 11.1 Å². The maximum Gasteiger partial charge on any atom is 0.126 e. The Labute approximate surface area is 155 Å². The normalized spacial score (nSPS) is 14.6. The largest absolute Gasteiger partial charge is 0.496 e. The second-order valence-electron chi connectivity index (χ2n) is 6.89. The van der Waals surface area contributed by atoms with Crippen LogP contribution in [0.1, 0.15) is 42.5 Å². The van der Waals surface area contributed by atoms with E-state index in [4.69, 9.17) is 19.9 Å². The maximum atomic E-state index is 6.15. The van der Waals surface area contributed by atoms with Gasteiger partial charge >= 0.3 is 0 Å². The van der Waals surface area contributed by atoms with Crippen molar-refractivity contribution in [3.05, 3.63) is 35.0 Å². The van der Waals surface area contributed by atoms with Gasteiger partial charge in [0.1, 0.15) is 17.3 Å². The second kappa shape index (κ2) is 7.96. The molecule has 0 spiro atoms. The van der Waals surface area contributed by atoms with E-state index in [0.29, 0.717) is 18.5 Å². The Bertz CT molecular complexity index is 758. The third kappa shape index (κ3) is 3.78. The van der Waals surface area contributed by atoms with Gasteiger partial charge in [-0.2, -0.15) is 0 Å². The van der Waals surface area contributed by atoms with Crippen molar-refractivity contribution < 1.29 is 14.2 Å². The van der Waals surface area contributed by atoms with Gasteiger partial charge in [0.15, 0.2) is 0 Å². The fraction of sp³-hybridized carbons (Fsp3) is 0.476. The van der Waals surface area contributed by atoms with Crippen molar-refractivity contribution in [2.24, 2.45) is 0 Å². The molecule has 1 heterocycles. The molecule has 0 bridgehead atoms. The predicted octanol–water partition coefficient (Wildman–Crippen LogP) is 4.42. The molecule has 140 valence electrons. The maximum absolute atomic E-state index is 6.15. The Kier molecular flexibility index (Phi) is 5.67. The molecule has 1 fully saturated rings. The number of aromatic nitrogens is 1. The highest BCUT2D eigenvalue weighted by molar-refractivity contribution is 5.74. The Morgan fingerprint density at radius 1 is 1.04 bits per heavy atom. The van der Waals surface area contributed by atoms with Crippen LogP contribution in [0.5, 0.6) is 11.5 Å². The summed E-state index contributed by atoms with van der Waals surface area (Å²) in [5, 5.41) is 0. The lowest BCUT2D eigenvalue weighted by Crippen LogP contribution is -2.09. The molecule has 5 nitrogen and oxygen atoms in total. The molecule has 26 heavy (non-hydrogen) atoms. The molecule has 1 aromatic carbocycles. The van der Waals surface area contributed by atoms with Crippen LogP contribution in [-0.2, 0) is 11.3 Å². The molecule has 0 aliphatic heterocycles. The average Bonchev–Trinajstić information content (AvgIpc) is 3.13. The van der Waals surface area contributed by atoms with E-state index in [0.717, 1.165) is 52.3 Å². The Hall–Kier alpha value is -2.27. The lowest BCUT2D eigenvalue weighted by atomic mass is 9.96. The highest BCUT2D eigenvalue weighted by Crippen LogP contribution is 2.37. The number of anilines is 1. The third-order valence-corrected chi connectivity index (χ3v) is 5.12. The van der Waals surface area contributed by atoms with Crippen LogP contribution in [0, 0.1) is 13.8 Å². The molecular formula is C21H28N2O3. The Balaban J connectivity index is 2.03. The van der Waals surface area contributed by atoms with E-state index in [-0.39, 0.29) is 0 Å². The van der Waals surface area contributed by atoms with Crippen molar-refractivity contribution in [1.29, 1.82) is 0 Å². The van der Waals surface area contributed by atoms with Gasteiger partial charge in [-0.15, -0.1) is 0 Å². The summed E-state index contributed by atoms with van der Waals surface area (Å²) in [4.78, 5) is 4.46. The zero-order valence-electron chi connectivity index (χ0n) is 16.1. The van der Waals surface area contributed by atoms with Crippen LogP contribution in [0.3, 0.4) is 0 Å². The molecule has 3 rings (SSSR count). The zero-order valence-corrected chi connectivity index (χ0v) is 16.1. The first-order valence-corrected chi connectivity index (χ1v) is 9.14. The van der Waals surface area contributed by atoms with Gasteiger partial charge in [-0.3, -0.25) is 0 Å². The van der Waals surface area contributed by atoms with Crippen molar-refractivity contribution >= 4 is 5.82 Å². The fourth-order valence-electron chi connectivity index (χ4n) is 3.77. The molecule has 1 saturated carbocycles.